The number of hydrogen-bond donors (Lipinski definition) is 3. The van der Waals surface area contributed by atoms with E-state index in [0.29, 0.717) is 6.42 Å². The van der Waals surface area contributed by atoms with Gasteiger partial charge in [-0.25, -0.2) is 0 Å². The number of carboxylic acid groups (broad SMARTS) is 1. The van der Waals surface area contributed by atoms with E-state index in [1.54, 1.807) is 0 Å². The highest BCUT2D eigenvalue weighted by Crippen LogP contribution is 2.19. The van der Waals surface area contributed by atoms with Crippen molar-refractivity contribution < 1.29 is 27.0 Å². The topological polar surface area (TPSA) is 156 Å². The third-order valence-electron chi connectivity index (χ3n) is 3.03. The fourth-order valence-corrected chi connectivity index (χ4v) is 2.47. The minimum absolute atomic E-state index is 0.129. The molecule has 0 aromatic heterocycles. The normalized spacial score (nSPS) is 21.6. The first-order valence-corrected chi connectivity index (χ1v) is 7.59. The van der Waals surface area contributed by atoms with Crippen LogP contribution in [0.3, 0.4) is 0 Å². The summed E-state index contributed by atoms with van der Waals surface area (Å²) in [4.78, 5) is 26.8. The summed E-state index contributed by atoms with van der Waals surface area (Å²) < 4.78 is 34.3. The molecule has 0 aliphatic carbocycles. The molecule has 2 unspecified atom stereocenters. The molecule has 21 heavy (non-hydrogen) atoms. The average Bonchev–Trinajstić information content (AvgIpc) is 2.76. The number of aliphatic imine (C=N–C) groups is 1. The number of aliphatic carboxylic acids is 1. The SMILES string of the molecule is NC(=NCCCC(N)C(=O)O)N1CC(S(=O)(=O)F)CC1=O. The molecule has 9 nitrogen and oxygen atoms in total. The van der Waals surface area contributed by atoms with E-state index >= 15 is 0 Å². The van der Waals surface area contributed by atoms with E-state index < -0.39 is 39.8 Å². The van der Waals surface area contributed by atoms with Crippen molar-refractivity contribution in [2.75, 3.05) is 13.1 Å². The molecular formula is C10H17FN4O5S. The van der Waals surface area contributed by atoms with Crippen LogP contribution in [0.15, 0.2) is 4.99 Å². The van der Waals surface area contributed by atoms with Gasteiger partial charge in [-0.1, -0.05) is 0 Å². The van der Waals surface area contributed by atoms with Crippen LogP contribution in [0.1, 0.15) is 19.3 Å². The van der Waals surface area contributed by atoms with Crippen LogP contribution in [0, 0.1) is 0 Å². The summed E-state index contributed by atoms with van der Waals surface area (Å²) >= 11 is 0. The third-order valence-corrected chi connectivity index (χ3v) is 4.14. The second-order valence-electron chi connectivity index (χ2n) is 4.63. The van der Waals surface area contributed by atoms with Gasteiger partial charge >= 0.3 is 16.2 Å². The molecule has 0 spiro atoms. The highest BCUT2D eigenvalue weighted by Gasteiger charge is 2.39. The lowest BCUT2D eigenvalue weighted by Gasteiger charge is -2.14. The van der Waals surface area contributed by atoms with Crippen LogP contribution >= 0.6 is 0 Å². The molecule has 11 heteroatoms. The van der Waals surface area contributed by atoms with E-state index in [0.717, 1.165) is 4.90 Å². The Labute approximate surface area is 121 Å². The zero-order valence-electron chi connectivity index (χ0n) is 11.1. The van der Waals surface area contributed by atoms with Crippen molar-refractivity contribution in [1.29, 1.82) is 0 Å². The molecule has 120 valence electrons. The van der Waals surface area contributed by atoms with Gasteiger partial charge in [-0.15, -0.1) is 3.89 Å². The van der Waals surface area contributed by atoms with E-state index in [1.807, 2.05) is 0 Å². The molecule has 5 N–H and O–H groups in total. The van der Waals surface area contributed by atoms with Crippen molar-refractivity contribution in [3.63, 3.8) is 0 Å². The van der Waals surface area contributed by atoms with Crippen LogP contribution in [0.25, 0.3) is 0 Å². The van der Waals surface area contributed by atoms with Crippen molar-refractivity contribution in [2.45, 2.75) is 30.6 Å². The van der Waals surface area contributed by atoms with Crippen molar-refractivity contribution >= 4 is 28.1 Å². The summed E-state index contributed by atoms with van der Waals surface area (Å²) in [5.74, 6) is -1.96. The van der Waals surface area contributed by atoms with Crippen LogP contribution in [0.4, 0.5) is 3.89 Å². The third kappa shape index (κ3) is 4.93. The number of amides is 1. The second-order valence-corrected chi connectivity index (χ2v) is 6.25. The molecule has 1 fully saturated rings. The molecule has 1 saturated heterocycles. The first-order chi connectivity index (χ1) is 9.62. The number of guanidine groups is 1. The first kappa shape index (κ1) is 17.3. The average molecular weight is 324 g/mol. The highest BCUT2D eigenvalue weighted by molar-refractivity contribution is 7.87. The maximum atomic E-state index is 12.8. The fraction of sp³-hybridized carbons (Fsp3) is 0.700. The largest absolute Gasteiger partial charge is 0.480 e. The number of carbonyl (C=O) groups is 2. The monoisotopic (exact) mass is 324 g/mol. The highest BCUT2D eigenvalue weighted by atomic mass is 32.3. The van der Waals surface area contributed by atoms with Crippen molar-refractivity contribution in [3.8, 4) is 0 Å². The van der Waals surface area contributed by atoms with Gasteiger partial charge in [-0.2, -0.15) is 8.42 Å². The predicted molar refractivity (Wildman–Crippen MR) is 71.5 cm³/mol. The maximum Gasteiger partial charge on any atom is 0.320 e. The molecule has 1 rings (SSSR count). The molecule has 0 aromatic rings. The van der Waals surface area contributed by atoms with E-state index in [2.05, 4.69) is 4.99 Å². The van der Waals surface area contributed by atoms with Gasteiger partial charge in [0.15, 0.2) is 5.96 Å². The summed E-state index contributed by atoms with van der Waals surface area (Å²) in [7, 11) is -4.80. The number of nitrogens with two attached hydrogens (primary N) is 2. The molecule has 1 amide bonds. The Hall–Kier alpha value is -1.75. The number of hydrogen-bond acceptors (Lipinski definition) is 6. The lowest BCUT2D eigenvalue weighted by Crippen LogP contribution is -2.39. The van der Waals surface area contributed by atoms with Crippen molar-refractivity contribution in [3.05, 3.63) is 0 Å². The van der Waals surface area contributed by atoms with E-state index in [1.165, 1.54) is 0 Å². The Morgan fingerprint density at radius 3 is 2.67 bits per heavy atom. The molecule has 1 heterocycles. The summed E-state index contributed by atoms with van der Waals surface area (Å²) in [6.07, 6.45) is 0.0432. The Morgan fingerprint density at radius 1 is 1.57 bits per heavy atom. The number of halogens is 1. The summed E-state index contributed by atoms with van der Waals surface area (Å²) in [5.41, 5.74) is 10.8. The van der Waals surface area contributed by atoms with Crippen molar-refractivity contribution in [2.24, 2.45) is 16.5 Å². The van der Waals surface area contributed by atoms with Crippen molar-refractivity contribution in [1.82, 2.24) is 4.90 Å². The number of rotatable bonds is 6. The first-order valence-electron chi connectivity index (χ1n) is 6.15. The van der Waals surface area contributed by atoms with Crippen LogP contribution < -0.4 is 11.5 Å². The van der Waals surface area contributed by atoms with Crippen LogP contribution in [-0.2, 0) is 19.8 Å². The summed E-state index contributed by atoms with van der Waals surface area (Å²) in [6.45, 7) is -0.245. The molecule has 0 saturated carbocycles. The molecule has 0 aromatic carbocycles. The van der Waals surface area contributed by atoms with Gasteiger partial charge < -0.3 is 16.6 Å². The number of carbonyl (C=O) groups excluding carboxylic acids is 1. The van der Waals surface area contributed by atoms with Gasteiger partial charge in [0.1, 0.15) is 11.3 Å². The van der Waals surface area contributed by atoms with Gasteiger partial charge in [-0.3, -0.25) is 19.5 Å². The lowest BCUT2D eigenvalue weighted by atomic mass is 10.2. The molecule has 2 atom stereocenters. The Morgan fingerprint density at radius 2 is 2.19 bits per heavy atom. The van der Waals surface area contributed by atoms with Crippen LogP contribution in [0.2, 0.25) is 0 Å². The molecule has 0 bridgehead atoms. The Kier molecular flexibility index (Phi) is 5.61. The van der Waals surface area contributed by atoms with E-state index in [9.17, 15) is 21.9 Å². The maximum absolute atomic E-state index is 12.8. The van der Waals surface area contributed by atoms with E-state index in [-0.39, 0.29) is 25.5 Å². The smallest absolute Gasteiger partial charge is 0.320 e. The Balaban J connectivity index is 2.52. The number of likely N-dealkylation sites (tertiary alicyclic amines) is 1. The minimum Gasteiger partial charge on any atom is -0.480 e. The number of nitrogens with zero attached hydrogens (tertiary/aromatic N) is 2. The van der Waals surface area contributed by atoms with Gasteiger partial charge in [0.25, 0.3) is 0 Å². The quantitative estimate of drug-likeness (QED) is 0.230. The molecular weight excluding hydrogens is 307 g/mol. The minimum atomic E-state index is -4.80. The number of carboxylic acids is 1. The van der Waals surface area contributed by atoms with Crippen LogP contribution in [-0.4, -0.2) is 60.6 Å². The zero-order valence-corrected chi connectivity index (χ0v) is 11.9. The second kappa shape index (κ2) is 6.80. The lowest BCUT2D eigenvalue weighted by molar-refractivity contribution is -0.138. The van der Waals surface area contributed by atoms with Gasteiger partial charge in [0.2, 0.25) is 5.91 Å². The molecule has 0 radical (unpaired) electrons. The van der Waals surface area contributed by atoms with Gasteiger partial charge in [-0.05, 0) is 12.8 Å². The summed E-state index contributed by atoms with van der Waals surface area (Å²) in [5, 5.41) is 7.14. The standard InChI is InChI=1S/C10H17FN4O5S/c11-21(19,20)6-4-8(16)15(5-6)10(13)14-3-1-2-7(12)9(17)18/h6-7H,1-5,12H2,(H2,13,14)(H,17,18). The Bertz CT molecular complexity index is 550. The van der Waals surface area contributed by atoms with Crippen LogP contribution in [0.5, 0.6) is 0 Å². The molecule has 1 aliphatic heterocycles. The van der Waals surface area contributed by atoms with Gasteiger partial charge in [0, 0.05) is 19.5 Å². The predicted octanol–water partition coefficient (Wildman–Crippen LogP) is -1.61. The summed E-state index contributed by atoms with van der Waals surface area (Å²) in [6, 6.07) is -1.00. The molecule has 1 aliphatic rings. The zero-order chi connectivity index (χ0) is 16.2. The fourth-order valence-electron chi connectivity index (χ4n) is 1.80. The van der Waals surface area contributed by atoms with Gasteiger partial charge in [0.05, 0.1) is 0 Å². The van der Waals surface area contributed by atoms with E-state index in [4.69, 9.17) is 16.6 Å².